The van der Waals surface area contributed by atoms with Crippen molar-refractivity contribution in [3.8, 4) is 11.5 Å². The highest BCUT2D eigenvalue weighted by Gasteiger charge is 2.42. The Kier molecular flexibility index (Phi) is 4.69. The van der Waals surface area contributed by atoms with E-state index < -0.39 is 0 Å². The Bertz CT molecular complexity index is 1380. The molecular formula is C27H27N3O4. The van der Waals surface area contributed by atoms with Crippen LogP contribution in [0.15, 0.2) is 53.9 Å². The maximum absolute atomic E-state index is 13.6. The first-order valence-electron chi connectivity index (χ1n) is 11.8. The molecule has 1 aromatic heterocycles. The summed E-state index contributed by atoms with van der Waals surface area (Å²) in [5.41, 5.74) is 5.50. The number of amides is 2. The topological polar surface area (TPSA) is 72.8 Å². The van der Waals surface area contributed by atoms with Crippen molar-refractivity contribution in [1.82, 2.24) is 9.47 Å². The fraction of sp³-hybridized carbons (Fsp3) is 0.333. The Morgan fingerprint density at radius 1 is 1.18 bits per heavy atom. The minimum absolute atomic E-state index is 0.189. The van der Waals surface area contributed by atoms with Gasteiger partial charge < -0.3 is 19.4 Å². The third kappa shape index (κ3) is 3.10. The number of hydrogen-bond donors (Lipinski definition) is 1. The summed E-state index contributed by atoms with van der Waals surface area (Å²) in [6, 6.07) is 12.1. The van der Waals surface area contributed by atoms with Gasteiger partial charge in [0.1, 0.15) is 0 Å². The Morgan fingerprint density at radius 3 is 2.79 bits per heavy atom. The second-order valence-electron chi connectivity index (χ2n) is 9.63. The van der Waals surface area contributed by atoms with Crippen LogP contribution in [0.3, 0.4) is 0 Å². The number of nitrogens with zero attached hydrogens (tertiary/aromatic N) is 2. The van der Waals surface area contributed by atoms with Gasteiger partial charge in [0.15, 0.2) is 11.5 Å². The average molecular weight is 458 g/mol. The van der Waals surface area contributed by atoms with Crippen LogP contribution in [0.5, 0.6) is 11.5 Å². The number of rotatable bonds is 4. The van der Waals surface area contributed by atoms with E-state index >= 15 is 0 Å². The summed E-state index contributed by atoms with van der Waals surface area (Å²) in [5, 5.41) is 4.64. The van der Waals surface area contributed by atoms with Crippen LogP contribution in [-0.2, 0) is 16.1 Å². The van der Waals surface area contributed by atoms with Gasteiger partial charge in [0.25, 0.3) is 5.91 Å². The molecule has 0 saturated carbocycles. The van der Waals surface area contributed by atoms with Crippen molar-refractivity contribution in [2.24, 2.45) is 5.92 Å². The number of carbonyl (C=O) groups is 2. The summed E-state index contributed by atoms with van der Waals surface area (Å²) in [7, 11) is 0. The predicted octanol–water partition coefficient (Wildman–Crippen LogP) is 4.62. The summed E-state index contributed by atoms with van der Waals surface area (Å²) in [4.78, 5) is 27.2. The van der Waals surface area contributed by atoms with Crippen molar-refractivity contribution in [1.29, 1.82) is 0 Å². The fourth-order valence-electron chi connectivity index (χ4n) is 5.30. The van der Waals surface area contributed by atoms with Crippen LogP contribution in [0, 0.1) is 5.92 Å². The number of anilines is 1. The molecule has 7 heteroatoms. The molecule has 34 heavy (non-hydrogen) atoms. The number of aromatic nitrogens is 1. The molecule has 7 nitrogen and oxygen atoms in total. The molecule has 3 aliphatic heterocycles. The van der Waals surface area contributed by atoms with Gasteiger partial charge in [0.2, 0.25) is 12.7 Å². The lowest BCUT2D eigenvalue weighted by Gasteiger charge is -2.19. The van der Waals surface area contributed by atoms with Crippen LogP contribution in [-0.4, -0.2) is 34.6 Å². The summed E-state index contributed by atoms with van der Waals surface area (Å²) >= 11 is 0. The van der Waals surface area contributed by atoms with Crippen molar-refractivity contribution in [2.75, 3.05) is 18.7 Å². The van der Waals surface area contributed by atoms with E-state index in [4.69, 9.17) is 9.47 Å². The highest BCUT2D eigenvalue weighted by Crippen LogP contribution is 2.48. The molecular weight excluding hydrogens is 430 g/mol. The minimum atomic E-state index is -0.333. The minimum Gasteiger partial charge on any atom is -0.454 e. The standard InChI is InChI=1S/C27H27N3O4/c1-15(2)9-10-29-12-18-24(17-7-8-22-23(11-17)34-14-33-22)26-20(13-30(16(3)31)27(26)32)28-19-5-4-6-21(29)25(18)19/h4-8,11-12,15,24,28H,9-10,13-14H2,1-3H3. The molecule has 6 rings (SSSR count). The first-order chi connectivity index (χ1) is 16.4. The normalized spacial score (nSPS) is 18.5. The molecule has 0 radical (unpaired) electrons. The zero-order valence-electron chi connectivity index (χ0n) is 19.6. The molecule has 1 atom stereocenters. The third-order valence-electron chi connectivity index (χ3n) is 7.00. The molecule has 174 valence electrons. The number of benzene rings is 2. The van der Waals surface area contributed by atoms with Gasteiger partial charge in [-0.25, -0.2) is 0 Å². The van der Waals surface area contributed by atoms with Crippen molar-refractivity contribution < 1.29 is 19.1 Å². The second-order valence-corrected chi connectivity index (χ2v) is 9.63. The van der Waals surface area contributed by atoms with Gasteiger partial charge >= 0.3 is 0 Å². The van der Waals surface area contributed by atoms with Crippen LogP contribution in [0.2, 0.25) is 0 Å². The SMILES string of the molecule is CC(=O)N1CC2=C(C1=O)C(c1ccc3c(c1)OCO3)c1cn(CCC(C)C)c3cccc(c13)N2. The lowest BCUT2D eigenvalue weighted by atomic mass is 9.84. The first kappa shape index (κ1) is 20.8. The molecule has 1 N–H and O–H groups in total. The van der Waals surface area contributed by atoms with Gasteiger partial charge in [-0.1, -0.05) is 26.0 Å². The Balaban J connectivity index is 1.58. The molecule has 3 aliphatic rings. The number of aryl methyl sites for hydroxylation is 1. The summed E-state index contributed by atoms with van der Waals surface area (Å²) in [6.07, 6.45) is 3.24. The van der Waals surface area contributed by atoms with Gasteiger partial charge in [-0.05, 0) is 47.7 Å². The van der Waals surface area contributed by atoms with E-state index in [0.717, 1.165) is 46.4 Å². The van der Waals surface area contributed by atoms with Crippen molar-refractivity contribution in [3.05, 3.63) is 65.0 Å². The summed E-state index contributed by atoms with van der Waals surface area (Å²) < 4.78 is 13.5. The van der Waals surface area contributed by atoms with Gasteiger partial charge in [-0.3, -0.25) is 14.5 Å². The predicted molar refractivity (Wildman–Crippen MR) is 129 cm³/mol. The summed E-state index contributed by atoms with van der Waals surface area (Å²) in [5.74, 6) is 1.13. The number of imide groups is 1. The van der Waals surface area contributed by atoms with E-state index in [1.807, 2.05) is 30.3 Å². The van der Waals surface area contributed by atoms with Gasteiger partial charge in [0.05, 0.1) is 17.6 Å². The monoisotopic (exact) mass is 457 g/mol. The molecule has 0 spiro atoms. The van der Waals surface area contributed by atoms with E-state index in [1.54, 1.807) is 0 Å². The van der Waals surface area contributed by atoms with Crippen molar-refractivity contribution in [2.45, 2.75) is 39.7 Å². The second kappa shape index (κ2) is 7.65. The summed E-state index contributed by atoms with van der Waals surface area (Å²) in [6.45, 7) is 7.22. The largest absolute Gasteiger partial charge is 0.454 e. The highest BCUT2D eigenvalue weighted by molar-refractivity contribution is 6.11. The fourth-order valence-corrected chi connectivity index (χ4v) is 5.30. The van der Waals surface area contributed by atoms with Gasteiger partial charge in [-0.2, -0.15) is 0 Å². The number of carbonyl (C=O) groups excluding carboxylic acids is 2. The lowest BCUT2D eigenvalue weighted by Crippen LogP contribution is -2.33. The molecule has 1 unspecified atom stereocenters. The molecule has 0 aliphatic carbocycles. The Hall–Kier alpha value is -3.74. The quantitative estimate of drug-likeness (QED) is 0.619. The zero-order valence-corrected chi connectivity index (χ0v) is 19.6. The zero-order chi connectivity index (χ0) is 23.6. The molecule has 2 aromatic carbocycles. The average Bonchev–Trinajstić information content (AvgIpc) is 3.48. The van der Waals surface area contributed by atoms with Crippen molar-refractivity contribution in [3.63, 3.8) is 0 Å². The van der Waals surface area contributed by atoms with E-state index in [0.29, 0.717) is 23.0 Å². The van der Waals surface area contributed by atoms with E-state index in [9.17, 15) is 9.59 Å². The van der Waals surface area contributed by atoms with E-state index in [-0.39, 0.29) is 31.1 Å². The number of hydrogen-bond acceptors (Lipinski definition) is 5. The maximum Gasteiger partial charge on any atom is 0.259 e. The van der Waals surface area contributed by atoms with E-state index in [1.165, 1.54) is 11.8 Å². The maximum atomic E-state index is 13.6. The molecule has 3 aromatic rings. The van der Waals surface area contributed by atoms with E-state index in [2.05, 4.69) is 36.0 Å². The Labute approximate surface area is 197 Å². The van der Waals surface area contributed by atoms with Crippen molar-refractivity contribution >= 4 is 28.4 Å². The van der Waals surface area contributed by atoms with Gasteiger partial charge in [0, 0.05) is 42.4 Å². The van der Waals surface area contributed by atoms with Crippen LogP contribution < -0.4 is 14.8 Å². The molecule has 2 amide bonds. The van der Waals surface area contributed by atoms with Crippen LogP contribution in [0.4, 0.5) is 5.69 Å². The van der Waals surface area contributed by atoms with Crippen LogP contribution >= 0.6 is 0 Å². The first-order valence-corrected chi connectivity index (χ1v) is 11.8. The molecule has 4 heterocycles. The molecule has 0 saturated heterocycles. The number of fused-ring (bicyclic) bond motifs is 1. The van der Waals surface area contributed by atoms with Crippen LogP contribution in [0.25, 0.3) is 10.9 Å². The third-order valence-corrected chi connectivity index (χ3v) is 7.00. The number of ether oxygens (including phenoxy) is 2. The molecule has 0 fully saturated rings. The number of nitrogens with one attached hydrogen (secondary N) is 1. The van der Waals surface area contributed by atoms with Crippen LogP contribution in [0.1, 0.15) is 44.2 Å². The Morgan fingerprint density at radius 2 is 2.00 bits per heavy atom. The lowest BCUT2D eigenvalue weighted by molar-refractivity contribution is -0.139. The molecule has 0 bridgehead atoms. The smallest absolute Gasteiger partial charge is 0.259 e. The highest BCUT2D eigenvalue weighted by atomic mass is 16.7. The van der Waals surface area contributed by atoms with Gasteiger partial charge in [-0.15, -0.1) is 0 Å².